The van der Waals surface area contributed by atoms with E-state index >= 15 is 0 Å². The fourth-order valence-corrected chi connectivity index (χ4v) is 4.38. The van der Waals surface area contributed by atoms with Crippen LogP contribution in [0.4, 0.5) is 4.79 Å². The zero-order valence-corrected chi connectivity index (χ0v) is 26.4. The predicted molar refractivity (Wildman–Crippen MR) is 172 cm³/mol. The van der Waals surface area contributed by atoms with Gasteiger partial charge in [-0.2, -0.15) is 0 Å². The molecule has 10 heteroatoms. The number of hydrogen-bond acceptors (Lipinski definition) is 6. The Labute approximate surface area is 264 Å². The zero-order valence-electron chi connectivity index (χ0n) is 25.6. The van der Waals surface area contributed by atoms with Gasteiger partial charge in [-0.15, -0.1) is 0 Å². The van der Waals surface area contributed by atoms with Crippen LogP contribution in [-0.2, 0) is 30.3 Å². The molecule has 44 heavy (non-hydrogen) atoms. The molecule has 4 atom stereocenters. The standard InChI is InChI=1S/C34H42ClN3O6/c1-23(21-25(3)30-19-16-24(2)33(41)44-30)11-8-9-15-31(39)38-29(22-27-12-6-5-7-13-27)32(40)37-20-10-14-28(43-34(36)42)18-17-26(4)35/h5-13,15-17,20-21,25,28-30H,14,18-19,22H2,1-4H3,(H2,36,42)(H,37,40)(H,38,39)/b11-8-,15-9-,20-10-,23-21+,26-17+/t25-,28+,29-,30-/m0/s1. The maximum atomic E-state index is 13.0. The molecular formula is C34H42ClN3O6. The van der Waals surface area contributed by atoms with E-state index in [0.717, 1.165) is 11.1 Å². The summed E-state index contributed by atoms with van der Waals surface area (Å²) in [5.41, 5.74) is 7.61. The van der Waals surface area contributed by atoms with E-state index in [1.165, 1.54) is 12.3 Å². The molecule has 0 saturated carbocycles. The molecule has 0 aromatic heterocycles. The Balaban J connectivity index is 1.98. The molecule has 0 spiro atoms. The highest BCUT2D eigenvalue weighted by molar-refractivity contribution is 6.29. The lowest BCUT2D eigenvalue weighted by molar-refractivity contribution is -0.147. The van der Waals surface area contributed by atoms with Gasteiger partial charge in [-0.25, -0.2) is 9.59 Å². The maximum Gasteiger partial charge on any atom is 0.404 e. The molecule has 0 fully saturated rings. The van der Waals surface area contributed by atoms with Crippen LogP contribution in [0.1, 0.15) is 52.5 Å². The van der Waals surface area contributed by atoms with Crippen molar-refractivity contribution in [3.8, 4) is 0 Å². The number of benzene rings is 1. The molecule has 236 valence electrons. The summed E-state index contributed by atoms with van der Waals surface area (Å²) >= 11 is 5.86. The van der Waals surface area contributed by atoms with Crippen molar-refractivity contribution in [3.05, 3.63) is 107 Å². The molecule has 1 aromatic carbocycles. The maximum absolute atomic E-state index is 13.0. The molecular weight excluding hydrogens is 582 g/mol. The first kappa shape index (κ1) is 35.8. The summed E-state index contributed by atoms with van der Waals surface area (Å²) in [5, 5.41) is 6.01. The summed E-state index contributed by atoms with van der Waals surface area (Å²) in [4.78, 5) is 48.8. The van der Waals surface area contributed by atoms with Gasteiger partial charge in [0.05, 0.1) is 0 Å². The zero-order chi connectivity index (χ0) is 32.5. The van der Waals surface area contributed by atoms with Gasteiger partial charge in [0.1, 0.15) is 18.2 Å². The number of carbonyl (C=O) groups excluding carboxylic acids is 4. The fourth-order valence-electron chi connectivity index (χ4n) is 4.30. The van der Waals surface area contributed by atoms with E-state index in [9.17, 15) is 19.2 Å². The van der Waals surface area contributed by atoms with Gasteiger partial charge in [0.2, 0.25) is 11.8 Å². The highest BCUT2D eigenvalue weighted by atomic mass is 35.5. The number of rotatable bonds is 15. The molecule has 1 heterocycles. The van der Waals surface area contributed by atoms with Crippen LogP contribution in [0.25, 0.3) is 0 Å². The molecule has 0 radical (unpaired) electrons. The van der Waals surface area contributed by atoms with E-state index in [0.29, 0.717) is 29.9 Å². The van der Waals surface area contributed by atoms with E-state index in [-0.39, 0.29) is 24.4 Å². The third-order valence-electron chi connectivity index (χ3n) is 6.67. The molecule has 0 saturated heterocycles. The van der Waals surface area contributed by atoms with E-state index in [1.54, 1.807) is 38.2 Å². The number of cyclic esters (lactones) is 1. The summed E-state index contributed by atoms with van der Waals surface area (Å²) < 4.78 is 10.6. The van der Waals surface area contributed by atoms with Crippen molar-refractivity contribution in [1.29, 1.82) is 0 Å². The second-order valence-corrected chi connectivity index (χ2v) is 11.1. The van der Waals surface area contributed by atoms with E-state index < -0.39 is 30.1 Å². The van der Waals surface area contributed by atoms with Crippen LogP contribution in [-0.4, -0.2) is 42.1 Å². The second-order valence-electron chi connectivity index (χ2n) is 10.5. The number of amides is 3. The Bertz CT molecular complexity index is 1330. The molecule has 1 aliphatic heterocycles. The minimum Gasteiger partial charge on any atom is -0.458 e. The summed E-state index contributed by atoms with van der Waals surface area (Å²) in [6, 6.07) is 8.50. The molecule has 2 rings (SSSR count). The van der Waals surface area contributed by atoms with Gasteiger partial charge in [0.25, 0.3) is 0 Å². The highest BCUT2D eigenvalue weighted by Crippen LogP contribution is 2.22. The van der Waals surface area contributed by atoms with Gasteiger partial charge in [-0.05, 0) is 32.5 Å². The van der Waals surface area contributed by atoms with Crippen LogP contribution < -0.4 is 16.4 Å². The fraction of sp³-hybridized carbons (Fsp3) is 0.353. The Morgan fingerprint density at radius 2 is 1.84 bits per heavy atom. The lowest BCUT2D eigenvalue weighted by Gasteiger charge is -2.25. The van der Waals surface area contributed by atoms with Crippen LogP contribution in [0.5, 0.6) is 0 Å². The third kappa shape index (κ3) is 14.2. The molecule has 1 aliphatic rings. The Kier molecular flexibility index (Phi) is 15.5. The summed E-state index contributed by atoms with van der Waals surface area (Å²) in [5.74, 6) is -1.10. The van der Waals surface area contributed by atoms with Crippen molar-refractivity contribution in [2.75, 3.05) is 0 Å². The molecule has 3 amide bonds. The Morgan fingerprint density at radius 3 is 2.50 bits per heavy atom. The number of hydrogen-bond donors (Lipinski definition) is 3. The number of esters is 1. The summed E-state index contributed by atoms with van der Waals surface area (Å²) in [6.45, 7) is 7.38. The van der Waals surface area contributed by atoms with E-state index in [4.69, 9.17) is 26.8 Å². The number of nitrogens with two attached hydrogens (primary N) is 1. The summed E-state index contributed by atoms with van der Waals surface area (Å²) in [6.07, 6.45) is 15.2. The largest absolute Gasteiger partial charge is 0.458 e. The number of carbonyl (C=O) groups is 4. The van der Waals surface area contributed by atoms with Crippen LogP contribution in [0.3, 0.4) is 0 Å². The van der Waals surface area contributed by atoms with Crippen molar-refractivity contribution in [2.24, 2.45) is 11.7 Å². The van der Waals surface area contributed by atoms with Gasteiger partial charge >= 0.3 is 12.1 Å². The van der Waals surface area contributed by atoms with Gasteiger partial charge in [0, 0.05) is 48.3 Å². The summed E-state index contributed by atoms with van der Waals surface area (Å²) in [7, 11) is 0. The van der Waals surface area contributed by atoms with Crippen molar-refractivity contribution in [3.63, 3.8) is 0 Å². The van der Waals surface area contributed by atoms with Gasteiger partial charge in [-0.3, -0.25) is 9.59 Å². The van der Waals surface area contributed by atoms with Crippen LogP contribution >= 0.6 is 11.6 Å². The van der Waals surface area contributed by atoms with E-state index in [1.807, 2.05) is 62.4 Å². The topological polar surface area (TPSA) is 137 Å². The van der Waals surface area contributed by atoms with Gasteiger partial charge < -0.3 is 25.8 Å². The number of allylic oxidation sites excluding steroid dienone is 5. The first-order chi connectivity index (χ1) is 20.9. The predicted octanol–water partition coefficient (Wildman–Crippen LogP) is 5.69. The minimum absolute atomic E-state index is 0.0276. The monoisotopic (exact) mass is 623 g/mol. The molecule has 4 N–H and O–H groups in total. The molecule has 9 nitrogen and oxygen atoms in total. The average Bonchev–Trinajstić information content (AvgIpc) is 2.97. The van der Waals surface area contributed by atoms with Crippen LogP contribution in [0, 0.1) is 5.92 Å². The molecule has 0 aliphatic carbocycles. The van der Waals surface area contributed by atoms with E-state index in [2.05, 4.69) is 10.6 Å². The van der Waals surface area contributed by atoms with Gasteiger partial charge in [-0.1, -0.05) is 97.0 Å². The number of ether oxygens (including phenoxy) is 2. The Hall–Kier alpha value is -4.37. The normalized spacial score (nSPS) is 18.1. The third-order valence-corrected chi connectivity index (χ3v) is 6.82. The van der Waals surface area contributed by atoms with Crippen LogP contribution in [0.2, 0.25) is 0 Å². The minimum atomic E-state index is -0.901. The van der Waals surface area contributed by atoms with Crippen molar-refractivity contribution in [1.82, 2.24) is 10.6 Å². The lowest BCUT2D eigenvalue weighted by atomic mass is 9.96. The number of nitrogens with one attached hydrogen (secondary N) is 2. The van der Waals surface area contributed by atoms with Gasteiger partial charge in [0.15, 0.2) is 0 Å². The second kappa shape index (κ2) is 19.0. The lowest BCUT2D eigenvalue weighted by Crippen LogP contribution is -2.46. The van der Waals surface area contributed by atoms with Crippen molar-refractivity contribution < 1.29 is 28.7 Å². The first-order valence-corrected chi connectivity index (χ1v) is 14.8. The van der Waals surface area contributed by atoms with Crippen LogP contribution in [0.15, 0.2) is 101 Å². The quantitative estimate of drug-likeness (QED) is 0.130. The molecule has 0 unspecified atom stereocenters. The first-order valence-electron chi connectivity index (χ1n) is 14.4. The average molecular weight is 624 g/mol. The SMILES string of the molecule is CC1=CC[C@@H]([C@@H](C)/C=C(C)/C=C\C=C/C(=O)N[C@@H](Cc2ccccc2)C(=O)N/C=C\C[C@H](C/C=C(\C)Cl)OC(N)=O)OC1=O. The number of primary amides is 1. The molecule has 1 aromatic rings. The van der Waals surface area contributed by atoms with Crippen molar-refractivity contribution >= 4 is 35.5 Å². The highest BCUT2D eigenvalue weighted by Gasteiger charge is 2.24. The Morgan fingerprint density at radius 1 is 1.14 bits per heavy atom. The molecule has 0 bridgehead atoms. The van der Waals surface area contributed by atoms with Crippen molar-refractivity contribution in [2.45, 2.75) is 71.6 Å². The smallest absolute Gasteiger partial charge is 0.404 e. The number of halogens is 1.